The van der Waals surface area contributed by atoms with E-state index in [0.29, 0.717) is 17.2 Å². The molecule has 1 aromatic heterocycles. The molecule has 0 saturated carbocycles. The molecule has 0 amide bonds. The Morgan fingerprint density at radius 2 is 1.88 bits per heavy atom. The van der Waals surface area contributed by atoms with Gasteiger partial charge in [-0.2, -0.15) is 0 Å². The smallest absolute Gasteiger partial charge is 0.0496 e. The molecule has 80 valence electrons. The van der Waals surface area contributed by atoms with Crippen molar-refractivity contribution in [2.24, 2.45) is 0 Å². The first-order chi connectivity index (χ1) is 7.77. The summed E-state index contributed by atoms with van der Waals surface area (Å²) in [4.78, 5) is 4.19. The first-order valence-electron chi connectivity index (χ1n) is 4.99. The average molecular weight is 231 g/mol. The van der Waals surface area contributed by atoms with Crippen LogP contribution in [0.2, 0.25) is 5.02 Å². The number of aromatic nitrogens is 1. The lowest BCUT2D eigenvalue weighted by atomic mass is 10.1. The van der Waals surface area contributed by atoms with Crippen molar-refractivity contribution in [2.75, 3.05) is 0 Å². The number of halogens is 1. The number of hydrogen-bond donors (Lipinski definition) is 1. The summed E-state index contributed by atoms with van der Waals surface area (Å²) in [5, 5.41) is 8.60. The van der Waals surface area contributed by atoms with Crippen LogP contribution in [0.15, 0.2) is 48.7 Å². The highest BCUT2D eigenvalue weighted by atomic mass is 35.5. The maximum absolute atomic E-state index is 7.98. The maximum atomic E-state index is 7.98. The van der Waals surface area contributed by atoms with E-state index in [1.807, 2.05) is 36.4 Å². The van der Waals surface area contributed by atoms with Crippen LogP contribution >= 0.6 is 11.6 Å². The zero-order valence-corrected chi connectivity index (χ0v) is 9.41. The minimum absolute atomic E-state index is 0.490. The largest absolute Gasteiger partial charge is 0.304 e. The molecule has 0 aliphatic heterocycles. The van der Waals surface area contributed by atoms with Crippen molar-refractivity contribution in [2.45, 2.75) is 6.42 Å². The molecule has 0 atom stereocenters. The van der Waals surface area contributed by atoms with Crippen LogP contribution in [0.5, 0.6) is 0 Å². The Kier molecular flexibility index (Phi) is 3.32. The number of hydrogen-bond acceptors (Lipinski definition) is 2. The molecule has 0 fully saturated rings. The third kappa shape index (κ3) is 2.47. The van der Waals surface area contributed by atoms with Crippen molar-refractivity contribution in [3.63, 3.8) is 0 Å². The van der Waals surface area contributed by atoms with Crippen LogP contribution in [0.4, 0.5) is 0 Å². The highest BCUT2D eigenvalue weighted by Crippen LogP contribution is 2.16. The van der Waals surface area contributed by atoms with Crippen molar-refractivity contribution >= 4 is 17.3 Å². The van der Waals surface area contributed by atoms with Crippen molar-refractivity contribution in [1.82, 2.24) is 4.98 Å². The molecule has 0 unspecified atom stereocenters. The maximum Gasteiger partial charge on any atom is 0.0496 e. The molecule has 1 N–H and O–H groups in total. The second-order valence-electron chi connectivity index (χ2n) is 3.46. The van der Waals surface area contributed by atoms with E-state index in [4.69, 9.17) is 17.0 Å². The number of rotatable bonds is 3. The van der Waals surface area contributed by atoms with Crippen LogP contribution in [0.3, 0.4) is 0 Å². The summed E-state index contributed by atoms with van der Waals surface area (Å²) < 4.78 is 0. The molecule has 0 aliphatic rings. The van der Waals surface area contributed by atoms with Crippen LogP contribution in [-0.4, -0.2) is 10.7 Å². The predicted molar refractivity (Wildman–Crippen MR) is 66.2 cm³/mol. The minimum atomic E-state index is 0.490. The van der Waals surface area contributed by atoms with Gasteiger partial charge in [-0.15, -0.1) is 0 Å². The van der Waals surface area contributed by atoms with Crippen LogP contribution in [0.1, 0.15) is 11.3 Å². The van der Waals surface area contributed by atoms with Crippen LogP contribution in [-0.2, 0) is 6.42 Å². The number of pyridine rings is 1. The molecule has 3 heteroatoms. The summed E-state index contributed by atoms with van der Waals surface area (Å²) in [6.45, 7) is 0. The lowest BCUT2D eigenvalue weighted by Crippen LogP contribution is -2.05. The summed E-state index contributed by atoms with van der Waals surface area (Å²) in [7, 11) is 0. The van der Waals surface area contributed by atoms with Crippen LogP contribution in [0.25, 0.3) is 0 Å². The lowest BCUT2D eigenvalue weighted by molar-refractivity contribution is 1.13. The number of benzene rings is 1. The Bertz CT molecular complexity index is 494. The zero-order chi connectivity index (χ0) is 11.4. The summed E-state index contributed by atoms with van der Waals surface area (Å²) in [6.07, 6.45) is 2.24. The summed E-state index contributed by atoms with van der Waals surface area (Å²) >= 11 is 6.02. The van der Waals surface area contributed by atoms with Gasteiger partial charge in [0.1, 0.15) is 0 Å². The molecule has 2 aromatic rings. The average Bonchev–Trinajstić information content (AvgIpc) is 2.31. The highest BCUT2D eigenvalue weighted by molar-refractivity contribution is 6.34. The quantitative estimate of drug-likeness (QED) is 0.807. The molecular weight excluding hydrogens is 220 g/mol. The number of nitrogens with zero attached hydrogens (tertiary/aromatic N) is 1. The van der Waals surface area contributed by atoms with Crippen molar-refractivity contribution in [3.8, 4) is 0 Å². The van der Waals surface area contributed by atoms with Crippen LogP contribution in [0, 0.1) is 5.41 Å². The van der Waals surface area contributed by atoms with Gasteiger partial charge in [0, 0.05) is 34.6 Å². The van der Waals surface area contributed by atoms with Crippen LogP contribution < -0.4 is 0 Å². The van der Waals surface area contributed by atoms with Gasteiger partial charge in [-0.25, -0.2) is 0 Å². The third-order valence-electron chi connectivity index (χ3n) is 2.28. The van der Waals surface area contributed by atoms with E-state index < -0.39 is 0 Å². The first kappa shape index (κ1) is 10.8. The Morgan fingerprint density at radius 1 is 1.12 bits per heavy atom. The molecule has 0 saturated heterocycles. The van der Waals surface area contributed by atoms with Gasteiger partial charge < -0.3 is 5.41 Å². The van der Waals surface area contributed by atoms with E-state index in [-0.39, 0.29) is 0 Å². The van der Waals surface area contributed by atoms with Gasteiger partial charge in [-0.1, -0.05) is 35.9 Å². The second kappa shape index (κ2) is 4.90. The predicted octanol–water partition coefficient (Wildman–Crippen LogP) is 3.35. The van der Waals surface area contributed by atoms with E-state index in [2.05, 4.69) is 4.98 Å². The third-order valence-corrected chi connectivity index (χ3v) is 2.61. The van der Waals surface area contributed by atoms with Crippen molar-refractivity contribution in [1.29, 1.82) is 5.41 Å². The second-order valence-corrected chi connectivity index (χ2v) is 3.86. The van der Waals surface area contributed by atoms with Gasteiger partial charge in [-0.05, 0) is 18.2 Å². The minimum Gasteiger partial charge on any atom is -0.304 e. The normalized spacial score (nSPS) is 10.1. The van der Waals surface area contributed by atoms with Crippen molar-refractivity contribution in [3.05, 3.63) is 64.9 Å². The highest BCUT2D eigenvalue weighted by Gasteiger charge is 2.06. The molecule has 0 radical (unpaired) electrons. The Hall–Kier alpha value is -1.67. The van der Waals surface area contributed by atoms with Crippen molar-refractivity contribution < 1.29 is 0 Å². The number of nitrogens with one attached hydrogen (secondary N) is 1. The van der Waals surface area contributed by atoms with Gasteiger partial charge in [0.05, 0.1) is 0 Å². The first-order valence-corrected chi connectivity index (χ1v) is 5.37. The Morgan fingerprint density at radius 3 is 2.56 bits per heavy atom. The molecule has 0 spiro atoms. The lowest BCUT2D eigenvalue weighted by Gasteiger charge is -2.05. The fourth-order valence-electron chi connectivity index (χ4n) is 1.48. The van der Waals surface area contributed by atoms with Gasteiger partial charge >= 0.3 is 0 Å². The van der Waals surface area contributed by atoms with E-state index in [0.717, 1.165) is 11.3 Å². The van der Waals surface area contributed by atoms with Gasteiger partial charge in [-0.3, -0.25) is 4.98 Å². The zero-order valence-electron chi connectivity index (χ0n) is 8.65. The molecular formula is C13H11ClN2. The van der Waals surface area contributed by atoms with Gasteiger partial charge in [0.2, 0.25) is 0 Å². The van der Waals surface area contributed by atoms with E-state index in [9.17, 15) is 0 Å². The van der Waals surface area contributed by atoms with E-state index in [1.165, 1.54) is 0 Å². The van der Waals surface area contributed by atoms with Gasteiger partial charge in [0.15, 0.2) is 0 Å². The molecule has 2 rings (SSSR count). The Labute approximate surface area is 99.4 Å². The monoisotopic (exact) mass is 230 g/mol. The topological polar surface area (TPSA) is 36.7 Å². The Balaban J connectivity index is 2.19. The fourth-order valence-corrected chi connectivity index (χ4v) is 1.73. The van der Waals surface area contributed by atoms with Gasteiger partial charge in [0.25, 0.3) is 0 Å². The molecule has 1 heterocycles. The molecule has 16 heavy (non-hydrogen) atoms. The van der Waals surface area contributed by atoms with E-state index >= 15 is 0 Å². The molecule has 0 aliphatic carbocycles. The summed E-state index contributed by atoms with van der Waals surface area (Å²) in [5.74, 6) is 0. The van der Waals surface area contributed by atoms with E-state index in [1.54, 1.807) is 12.3 Å². The summed E-state index contributed by atoms with van der Waals surface area (Å²) in [6, 6.07) is 13.1. The molecule has 1 aromatic carbocycles. The standard InChI is InChI=1S/C13H11ClN2/c14-12-7-2-1-6-11(12)13(15)9-10-5-3-4-8-16-10/h1-8,15H,9H2. The fraction of sp³-hybridized carbons (Fsp3) is 0.0769. The SMILES string of the molecule is N=C(Cc1ccccn1)c1ccccc1Cl. The summed E-state index contributed by atoms with van der Waals surface area (Å²) in [5.41, 5.74) is 2.14. The molecule has 2 nitrogen and oxygen atoms in total. The molecule has 0 bridgehead atoms.